The van der Waals surface area contributed by atoms with Crippen LogP contribution in [0.1, 0.15) is 31.2 Å². The van der Waals surface area contributed by atoms with Crippen LogP contribution >= 0.6 is 15.9 Å². The molecule has 1 heterocycles. The van der Waals surface area contributed by atoms with Crippen molar-refractivity contribution in [3.8, 4) is 0 Å². The Morgan fingerprint density at radius 3 is 2.33 bits per heavy atom. The second-order valence-corrected chi connectivity index (χ2v) is 8.41. The average Bonchev–Trinajstić information content (AvgIpc) is 3.13. The Morgan fingerprint density at radius 2 is 1.71 bits per heavy atom. The lowest BCUT2D eigenvalue weighted by molar-refractivity contribution is -1.03. The molecular formula is C18H27BrN2+2. The molecule has 1 saturated heterocycles. The van der Waals surface area contributed by atoms with Crippen molar-refractivity contribution in [2.24, 2.45) is 11.8 Å². The van der Waals surface area contributed by atoms with Crippen LogP contribution in [0.25, 0.3) is 0 Å². The van der Waals surface area contributed by atoms with E-state index in [0.29, 0.717) is 0 Å². The fourth-order valence-corrected chi connectivity index (χ4v) is 5.37. The van der Waals surface area contributed by atoms with Crippen molar-refractivity contribution in [3.05, 3.63) is 34.3 Å². The summed E-state index contributed by atoms with van der Waals surface area (Å²) in [7, 11) is 0. The molecule has 2 N–H and O–H groups in total. The van der Waals surface area contributed by atoms with Gasteiger partial charge in [-0.25, -0.2) is 0 Å². The van der Waals surface area contributed by atoms with E-state index < -0.39 is 0 Å². The molecule has 21 heavy (non-hydrogen) atoms. The summed E-state index contributed by atoms with van der Waals surface area (Å²) >= 11 is 3.52. The summed E-state index contributed by atoms with van der Waals surface area (Å²) in [5, 5.41) is 0. The molecule has 3 aliphatic rings. The van der Waals surface area contributed by atoms with Gasteiger partial charge in [0.15, 0.2) is 0 Å². The molecule has 2 saturated carbocycles. The fraction of sp³-hybridized carbons (Fsp3) is 0.667. The van der Waals surface area contributed by atoms with Gasteiger partial charge >= 0.3 is 0 Å². The quantitative estimate of drug-likeness (QED) is 0.802. The van der Waals surface area contributed by atoms with E-state index in [1.165, 1.54) is 55.6 Å². The van der Waals surface area contributed by atoms with Gasteiger partial charge in [-0.2, -0.15) is 0 Å². The first-order valence-electron chi connectivity index (χ1n) is 8.70. The van der Waals surface area contributed by atoms with E-state index in [9.17, 15) is 0 Å². The molecule has 0 amide bonds. The van der Waals surface area contributed by atoms with Crippen molar-refractivity contribution in [2.75, 3.05) is 26.2 Å². The van der Waals surface area contributed by atoms with E-state index >= 15 is 0 Å². The Labute approximate surface area is 136 Å². The maximum Gasteiger partial charge on any atom is 0.127 e. The lowest BCUT2D eigenvalue weighted by atomic mass is 9.93. The molecule has 3 heteroatoms. The van der Waals surface area contributed by atoms with E-state index in [2.05, 4.69) is 40.2 Å². The van der Waals surface area contributed by atoms with Gasteiger partial charge in [-0.3, -0.25) is 0 Å². The van der Waals surface area contributed by atoms with Crippen molar-refractivity contribution in [3.63, 3.8) is 0 Å². The molecule has 2 aliphatic carbocycles. The highest BCUT2D eigenvalue weighted by Gasteiger charge is 2.45. The molecule has 2 bridgehead atoms. The van der Waals surface area contributed by atoms with Gasteiger partial charge in [0.2, 0.25) is 0 Å². The Balaban J connectivity index is 1.29. The van der Waals surface area contributed by atoms with Crippen LogP contribution in [0.4, 0.5) is 0 Å². The number of nitrogens with one attached hydrogen (secondary N) is 2. The van der Waals surface area contributed by atoms with Crippen LogP contribution in [0, 0.1) is 11.8 Å². The highest BCUT2D eigenvalue weighted by molar-refractivity contribution is 9.10. The largest absolute Gasteiger partial charge is 0.323 e. The van der Waals surface area contributed by atoms with Gasteiger partial charge in [0.05, 0.1) is 6.04 Å². The number of quaternary nitrogens is 2. The molecule has 0 aromatic heterocycles. The first-order chi connectivity index (χ1) is 10.3. The van der Waals surface area contributed by atoms with Crippen molar-refractivity contribution in [1.82, 2.24) is 0 Å². The van der Waals surface area contributed by atoms with Gasteiger partial charge in [-0.15, -0.1) is 0 Å². The number of hydrogen-bond acceptors (Lipinski definition) is 0. The Kier molecular flexibility index (Phi) is 4.08. The second-order valence-electron chi connectivity index (χ2n) is 7.49. The zero-order valence-corrected chi connectivity index (χ0v) is 14.4. The number of rotatable bonds is 3. The summed E-state index contributed by atoms with van der Waals surface area (Å²) in [5.74, 6) is 2.18. The normalized spacial score (nSPS) is 38.8. The summed E-state index contributed by atoms with van der Waals surface area (Å²) in [4.78, 5) is 3.73. The van der Waals surface area contributed by atoms with Crippen LogP contribution in [0.15, 0.2) is 28.7 Å². The van der Waals surface area contributed by atoms with Crippen molar-refractivity contribution in [2.45, 2.75) is 38.3 Å². The molecule has 4 rings (SSSR count). The Hall–Kier alpha value is -0.380. The van der Waals surface area contributed by atoms with Crippen molar-refractivity contribution < 1.29 is 9.80 Å². The molecule has 2 nitrogen and oxygen atoms in total. The number of fused-ring (bicyclic) bond motifs is 2. The standard InChI is InChI=1S/C18H25BrN2/c19-17-5-2-14(3-6-17)13-20-7-9-21(10-8-20)18-12-15-1-4-16(18)11-15/h2-3,5-6,15-16,18H,1,4,7-13H2/p+2/t15-,16+,18+/m1/s1. The fourth-order valence-electron chi connectivity index (χ4n) is 5.11. The molecule has 0 radical (unpaired) electrons. The third-order valence-corrected chi connectivity index (χ3v) is 6.76. The third kappa shape index (κ3) is 3.06. The number of halogens is 1. The van der Waals surface area contributed by atoms with E-state index in [1.807, 2.05) is 4.90 Å². The molecule has 114 valence electrons. The van der Waals surface area contributed by atoms with Gasteiger partial charge in [-0.05, 0) is 37.3 Å². The highest BCUT2D eigenvalue weighted by atomic mass is 79.9. The van der Waals surface area contributed by atoms with E-state index in [-0.39, 0.29) is 0 Å². The van der Waals surface area contributed by atoms with Crippen molar-refractivity contribution in [1.29, 1.82) is 0 Å². The number of hydrogen-bond donors (Lipinski definition) is 2. The third-order valence-electron chi connectivity index (χ3n) is 6.23. The predicted octanol–water partition coefficient (Wildman–Crippen LogP) is 0.921. The summed E-state index contributed by atoms with van der Waals surface area (Å²) in [6, 6.07) is 9.91. The molecule has 3 fully saturated rings. The lowest BCUT2D eigenvalue weighted by Crippen LogP contribution is -3.29. The first kappa shape index (κ1) is 14.2. The minimum Gasteiger partial charge on any atom is -0.323 e. The maximum atomic E-state index is 3.52. The zero-order chi connectivity index (χ0) is 14.2. The Bertz CT molecular complexity index is 478. The molecule has 3 atom stereocenters. The maximum absolute atomic E-state index is 3.52. The average molecular weight is 351 g/mol. The minimum atomic E-state index is 1.03. The smallest absolute Gasteiger partial charge is 0.127 e. The van der Waals surface area contributed by atoms with Gasteiger partial charge in [0.25, 0.3) is 0 Å². The van der Waals surface area contributed by atoms with Crippen molar-refractivity contribution >= 4 is 15.9 Å². The number of benzene rings is 1. The minimum absolute atomic E-state index is 1.03. The summed E-state index contributed by atoms with van der Waals surface area (Å²) in [6.45, 7) is 6.73. The summed E-state index contributed by atoms with van der Waals surface area (Å²) < 4.78 is 1.19. The van der Waals surface area contributed by atoms with E-state index in [0.717, 1.165) is 17.9 Å². The highest BCUT2D eigenvalue weighted by Crippen LogP contribution is 2.43. The number of piperazine rings is 1. The van der Waals surface area contributed by atoms with Gasteiger partial charge in [-0.1, -0.05) is 28.1 Å². The second kappa shape index (κ2) is 6.02. The van der Waals surface area contributed by atoms with Gasteiger partial charge in [0, 0.05) is 22.4 Å². The van der Waals surface area contributed by atoms with Gasteiger partial charge in [0.1, 0.15) is 32.7 Å². The SMILES string of the molecule is Brc1ccc(C[NH+]2CC[NH+]([C@H]3C[C@@H]4CC[C@H]3C4)CC2)cc1. The van der Waals surface area contributed by atoms with Crippen LogP contribution < -0.4 is 9.80 Å². The molecule has 1 aromatic rings. The summed E-state index contributed by atoms with van der Waals surface area (Å²) in [6.07, 6.45) is 6.18. The van der Waals surface area contributed by atoms with Crippen LogP contribution in [0.5, 0.6) is 0 Å². The molecule has 0 unspecified atom stereocenters. The lowest BCUT2D eigenvalue weighted by Gasteiger charge is -2.36. The van der Waals surface area contributed by atoms with Crippen LogP contribution in [0.2, 0.25) is 0 Å². The molecule has 1 aromatic carbocycles. The first-order valence-corrected chi connectivity index (χ1v) is 9.50. The van der Waals surface area contributed by atoms with E-state index in [1.54, 1.807) is 17.7 Å². The Morgan fingerprint density at radius 1 is 0.952 bits per heavy atom. The van der Waals surface area contributed by atoms with Gasteiger partial charge < -0.3 is 9.80 Å². The van der Waals surface area contributed by atoms with Crippen LogP contribution in [0.3, 0.4) is 0 Å². The zero-order valence-electron chi connectivity index (χ0n) is 12.8. The van der Waals surface area contributed by atoms with Crippen LogP contribution in [-0.2, 0) is 6.54 Å². The topological polar surface area (TPSA) is 8.88 Å². The van der Waals surface area contributed by atoms with Crippen LogP contribution in [-0.4, -0.2) is 32.2 Å². The summed E-state index contributed by atoms with van der Waals surface area (Å²) in [5.41, 5.74) is 1.48. The molecular weight excluding hydrogens is 324 g/mol. The molecule has 0 spiro atoms. The predicted molar refractivity (Wildman–Crippen MR) is 88.5 cm³/mol. The molecule has 1 aliphatic heterocycles. The monoisotopic (exact) mass is 350 g/mol. The van der Waals surface area contributed by atoms with E-state index in [4.69, 9.17) is 0 Å².